The van der Waals surface area contributed by atoms with E-state index in [1.54, 1.807) is 59.5 Å². The predicted octanol–water partition coefficient (Wildman–Crippen LogP) is 7.15. The number of anilines is 3. The van der Waals surface area contributed by atoms with Crippen LogP contribution in [0.25, 0.3) is 0 Å². The molecule has 306 valence electrons. The standard InChI is InChI=1S/C47H45N5O8/c1-32-13-8-9-20-38(32)42(53)29-52-41-22-11-10-21-40(41)51(43(54)35-23-25-50(26-24-35)47(58)60-31-34-16-6-3-7-17-34)28-39(44(52)55)49-46(57)48-37-19-12-18-36(27-37)45(56)59-30-33-14-4-2-5-15-33/h2-22,27,35,39H,23-26,28-31H2,1H3,(H2,48,49,57). The van der Waals surface area contributed by atoms with Gasteiger partial charge < -0.3 is 34.8 Å². The molecule has 0 aromatic heterocycles. The molecule has 1 atom stereocenters. The van der Waals surface area contributed by atoms with Gasteiger partial charge in [-0.2, -0.15) is 0 Å². The van der Waals surface area contributed by atoms with Crippen molar-refractivity contribution in [1.82, 2.24) is 10.2 Å². The van der Waals surface area contributed by atoms with Crippen molar-refractivity contribution in [3.63, 3.8) is 0 Å². The molecule has 1 unspecified atom stereocenters. The number of nitrogens with zero attached hydrogens (tertiary/aromatic N) is 3. The summed E-state index contributed by atoms with van der Waals surface area (Å²) in [6.07, 6.45) is 0.239. The van der Waals surface area contributed by atoms with E-state index in [4.69, 9.17) is 9.47 Å². The number of hydrogen-bond donors (Lipinski definition) is 2. The minimum atomic E-state index is -1.29. The van der Waals surface area contributed by atoms with Crippen molar-refractivity contribution in [3.8, 4) is 0 Å². The Hall–Kier alpha value is -7.28. The highest BCUT2D eigenvalue weighted by atomic mass is 16.6. The Balaban J connectivity index is 1.09. The highest BCUT2D eigenvalue weighted by molar-refractivity contribution is 6.13. The number of carbonyl (C=O) groups is 6. The average molecular weight is 808 g/mol. The Morgan fingerprint density at radius 2 is 1.32 bits per heavy atom. The predicted molar refractivity (Wildman–Crippen MR) is 226 cm³/mol. The normalized spacial score (nSPS) is 15.3. The number of rotatable bonds is 11. The van der Waals surface area contributed by atoms with E-state index in [1.165, 1.54) is 15.9 Å². The van der Waals surface area contributed by atoms with E-state index < -0.39 is 36.0 Å². The maximum Gasteiger partial charge on any atom is 0.410 e. The lowest BCUT2D eigenvalue weighted by Crippen LogP contribution is -2.55. The number of aryl methyl sites for hydroxylation is 1. The van der Waals surface area contributed by atoms with Crippen molar-refractivity contribution in [2.24, 2.45) is 5.92 Å². The van der Waals surface area contributed by atoms with Crippen molar-refractivity contribution < 1.29 is 38.2 Å². The van der Waals surface area contributed by atoms with Gasteiger partial charge in [-0.3, -0.25) is 14.4 Å². The Bertz CT molecular complexity index is 2360. The number of fused-ring (bicyclic) bond motifs is 1. The molecule has 13 nitrogen and oxygen atoms in total. The average Bonchev–Trinajstić information content (AvgIpc) is 3.39. The van der Waals surface area contributed by atoms with Crippen LogP contribution >= 0.6 is 0 Å². The number of amides is 5. The third-order valence-electron chi connectivity index (χ3n) is 10.6. The summed E-state index contributed by atoms with van der Waals surface area (Å²) in [5.41, 5.74) is 4.09. The maximum atomic E-state index is 14.6. The summed E-state index contributed by atoms with van der Waals surface area (Å²) in [5.74, 6) is -2.29. The molecule has 13 heteroatoms. The first-order valence-corrected chi connectivity index (χ1v) is 19.8. The fraction of sp³-hybridized carbons (Fsp3) is 0.234. The van der Waals surface area contributed by atoms with E-state index in [2.05, 4.69) is 10.6 Å². The number of urea groups is 1. The van der Waals surface area contributed by atoms with E-state index in [0.29, 0.717) is 42.9 Å². The first-order chi connectivity index (χ1) is 29.1. The molecule has 0 radical (unpaired) electrons. The lowest BCUT2D eigenvalue weighted by atomic mass is 9.95. The van der Waals surface area contributed by atoms with Crippen molar-refractivity contribution in [1.29, 1.82) is 0 Å². The molecule has 1 saturated heterocycles. The molecule has 0 saturated carbocycles. The third kappa shape index (κ3) is 9.87. The SMILES string of the molecule is Cc1ccccc1C(=O)CN1C(=O)C(NC(=O)Nc2cccc(C(=O)OCc3ccccc3)c2)CN(C(=O)C2CCN(C(=O)OCc3ccccc3)CC2)c2ccccc21. The van der Waals surface area contributed by atoms with Crippen LogP contribution in [-0.2, 0) is 32.3 Å². The van der Waals surface area contributed by atoms with Gasteiger partial charge in [0.25, 0.3) is 5.91 Å². The van der Waals surface area contributed by atoms with E-state index in [9.17, 15) is 28.8 Å². The quantitative estimate of drug-likeness (QED) is 0.105. The van der Waals surface area contributed by atoms with Crippen LogP contribution < -0.4 is 20.4 Å². The molecule has 2 aliphatic rings. The summed E-state index contributed by atoms with van der Waals surface area (Å²) in [4.78, 5) is 86.8. The fourth-order valence-electron chi connectivity index (χ4n) is 7.38. The Morgan fingerprint density at radius 1 is 0.700 bits per heavy atom. The molecule has 0 bridgehead atoms. The summed E-state index contributed by atoms with van der Waals surface area (Å²) in [5, 5.41) is 5.45. The maximum absolute atomic E-state index is 14.6. The van der Waals surface area contributed by atoms with E-state index in [-0.39, 0.29) is 49.2 Å². The third-order valence-corrected chi connectivity index (χ3v) is 10.6. The zero-order chi connectivity index (χ0) is 42.0. The molecule has 60 heavy (non-hydrogen) atoms. The van der Waals surface area contributed by atoms with Crippen molar-refractivity contribution in [2.75, 3.05) is 41.3 Å². The van der Waals surface area contributed by atoms with Gasteiger partial charge in [0, 0.05) is 30.3 Å². The summed E-state index contributed by atoms with van der Waals surface area (Å²) >= 11 is 0. The van der Waals surface area contributed by atoms with Gasteiger partial charge in [0.1, 0.15) is 19.3 Å². The van der Waals surface area contributed by atoms with Gasteiger partial charge in [-0.25, -0.2) is 14.4 Å². The van der Waals surface area contributed by atoms with Gasteiger partial charge in [0.05, 0.1) is 30.0 Å². The summed E-state index contributed by atoms with van der Waals surface area (Å²) < 4.78 is 11.0. The topological polar surface area (TPSA) is 155 Å². The first-order valence-electron chi connectivity index (χ1n) is 19.8. The summed E-state index contributed by atoms with van der Waals surface area (Å²) in [6, 6.07) is 36.7. The summed E-state index contributed by atoms with van der Waals surface area (Å²) in [6.45, 7) is 2.02. The van der Waals surface area contributed by atoms with Crippen LogP contribution in [0.5, 0.6) is 0 Å². The van der Waals surface area contributed by atoms with Gasteiger partial charge in [-0.1, -0.05) is 103 Å². The van der Waals surface area contributed by atoms with Crippen LogP contribution in [0, 0.1) is 12.8 Å². The number of para-hydroxylation sites is 2. The van der Waals surface area contributed by atoms with Gasteiger partial charge in [-0.05, 0) is 66.8 Å². The largest absolute Gasteiger partial charge is 0.457 e. The van der Waals surface area contributed by atoms with Crippen LogP contribution in [0.1, 0.15) is 50.2 Å². The molecule has 5 amide bonds. The number of hydrogen-bond acceptors (Lipinski definition) is 8. The van der Waals surface area contributed by atoms with Crippen LogP contribution in [0.4, 0.5) is 26.7 Å². The molecular weight excluding hydrogens is 763 g/mol. The van der Waals surface area contributed by atoms with E-state index in [0.717, 1.165) is 16.7 Å². The Labute approximate surface area is 347 Å². The number of Topliss-reactive ketones (excluding diaryl/α,β-unsaturated/α-hetero) is 1. The second-order valence-electron chi connectivity index (χ2n) is 14.7. The molecule has 5 aromatic carbocycles. The van der Waals surface area contributed by atoms with Crippen LogP contribution in [0.2, 0.25) is 0 Å². The molecule has 0 aliphatic carbocycles. The Morgan fingerprint density at radius 3 is 2.00 bits per heavy atom. The number of ether oxygens (including phenoxy) is 2. The van der Waals surface area contributed by atoms with Crippen molar-refractivity contribution in [3.05, 3.63) is 161 Å². The molecule has 1 fully saturated rings. The molecule has 5 aromatic rings. The van der Waals surface area contributed by atoms with Crippen LogP contribution in [0.3, 0.4) is 0 Å². The van der Waals surface area contributed by atoms with Gasteiger partial charge in [0.2, 0.25) is 5.91 Å². The second-order valence-corrected chi connectivity index (χ2v) is 14.7. The number of carbonyl (C=O) groups excluding carboxylic acids is 6. The minimum Gasteiger partial charge on any atom is -0.457 e. The minimum absolute atomic E-state index is 0.0719. The first kappa shape index (κ1) is 40.9. The summed E-state index contributed by atoms with van der Waals surface area (Å²) in [7, 11) is 0. The van der Waals surface area contributed by atoms with Crippen LogP contribution in [0.15, 0.2) is 133 Å². The van der Waals surface area contributed by atoms with E-state index in [1.807, 2.05) is 79.7 Å². The molecule has 2 N–H and O–H groups in total. The smallest absolute Gasteiger partial charge is 0.410 e. The van der Waals surface area contributed by atoms with E-state index >= 15 is 0 Å². The molecule has 2 heterocycles. The zero-order valence-corrected chi connectivity index (χ0v) is 33.1. The Kier molecular flexibility index (Phi) is 12.9. The van der Waals surface area contributed by atoms with Gasteiger partial charge in [0.15, 0.2) is 5.78 Å². The van der Waals surface area contributed by atoms with Crippen molar-refractivity contribution >= 4 is 52.8 Å². The number of benzene rings is 5. The van der Waals surface area contributed by atoms with Crippen LogP contribution in [-0.4, -0.2) is 72.8 Å². The number of nitrogens with one attached hydrogen (secondary N) is 2. The number of esters is 1. The lowest BCUT2D eigenvalue weighted by Gasteiger charge is -2.34. The monoisotopic (exact) mass is 807 g/mol. The highest BCUT2D eigenvalue weighted by Crippen LogP contribution is 2.35. The zero-order valence-electron chi connectivity index (χ0n) is 33.1. The number of piperidine rings is 1. The van der Waals surface area contributed by atoms with Crippen molar-refractivity contribution in [2.45, 2.75) is 39.0 Å². The number of likely N-dealkylation sites (tertiary alicyclic amines) is 1. The van der Waals surface area contributed by atoms with Gasteiger partial charge in [-0.15, -0.1) is 0 Å². The number of ketones is 1. The molecule has 2 aliphatic heterocycles. The fourth-order valence-corrected chi connectivity index (χ4v) is 7.38. The second kappa shape index (κ2) is 19.0. The molecule has 0 spiro atoms. The highest BCUT2D eigenvalue weighted by Gasteiger charge is 2.40. The van der Waals surface area contributed by atoms with Gasteiger partial charge >= 0.3 is 18.1 Å². The molecular formula is C47H45N5O8. The molecule has 7 rings (SSSR count). The lowest BCUT2D eigenvalue weighted by molar-refractivity contribution is -0.124.